The Morgan fingerprint density at radius 1 is 1.14 bits per heavy atom. The molecule has 0 aromatic heterocycles. The molecule has 0 saturated carbocycles. The van der Waals surface area contributed by atoms with Crippen molar-refractivity contribution in [3.63, 3.8) is 0 Å². The lowest BCUT2D eigenvalue weighted by atomic mass is 9.74. The van der Waals surface area contributed by atoms with E-state index in [9.17, 15) is 9.90 Å². The molecule has 1 aromatic carbocycles. The molecule has 1 aromatic rings. The van der Waals surface area contributed by atoms with E-state index in [1.54, 1.807) is 12.2 Å². The van der Waals surface area contributed by atoms with Crippen molar-refractivity contribution in [2.24, 2.45) is 5.92 Å². The van der Waals surface area contributed by atoms with Crippen LogP contribution in [-0.4, -0.2) is 36.8 Å². The molecule has 22 heavy (non-hydrogen) atoms. The number of hydrogen-bond acceptors (Lipinski definition) is 4. The summed E-state index contributed by atoms with van der Waals surface area (Å²) in [7, 11) is 2.94. The number of carbonyl (C=O) groups excluding carboxylic acids is 1. The minimum absolute atomic E-state index is 0.126. The molecular formula is C18H22O4. The van der Waals surface area contributed by atoms with Gasteiger partial charge in [0.15, 0.2) is 11.9 Å². The number of methoxy groups -OCH3 is 2. The highest BCUT2D eigenvalue weighted by Crippen LogP contribution is 2.42. The molecule has 1 aliphatic carbocycles. The van der Waals surface area contributed by atoms with Crippen LogP contribution < -0.4 is 0 Å². The third kappa shape index (κ3) is 2.49. The van der Waals surface area contributed by atoms with E-state index in [1.807, 2.05) is 44.2 Å². The van der Waals surface area contributed by atoms with Crippen LogP contribution >= 0.6 is 0 Å². The normalized spacial score (nSPS) is 28.1. The van der Waals surface area contributed by atoms with Crippen molar-refractivity contribution in [1.82, 2.24) is 0 Å². The molecule has 0 saturated heterocycles. The number of benzene rings is 1. The fourth-order valence-corrected chi connectivity index (χ4v) is 2.71. The third-order valence-corrected chi connectivity index (χ3v) is 4.22. The molecule has 0 spiro atoms. The van der Waals surface area contributed by atoms with Crippen LogP contribution in [0.4, 0.5) is 0 Å². The second-order valence-electron chi connectivity index (χ2n) is 5.73. The van der Waals surface area contributed by atoms with Gasteiger partial charge in [0, 0.05) is 18.8 Å². The van der Waals surface area contributed by atoms with E-state index in [1.165, 1.54) is 14.2 Å². The molecular weight excluding hydrogens is 280 g/mol. The van der Waals surface area contributed by atoms with Gasteiger partial charge in [-0.15, -0.1) is 0 Å². The van der Waals surface area contributed by atoms with Gasteiger partial charge in [0.1, 0.15) is 11.4 Å². The zero-order valence-corrected chi connectivity index (χ0v) is 13.4. The molecule has 0 aliphatic heterocycles. The third-order valence-electron chi connectivity index (χ3n) is 4.22. The van der Waals surface area contributed by atoms with E-state index < -0.39 is 11.2 Å². The summed E-state index contributed by atoms with van der Waals surface area (Å²) in [5.74, 6) is 0.190. The first-order valence-corrected chi connectivity index (χ1v) is 7.23. The first-order chi connectivity index (χ1) is 10.4. The van der Waals surface area contributed by atoms with Gasteiger partial charge in [0.25, 0.3) is 0 Å². The van der Waals surface area contributed by atoms with Gasteiger partial charge in [-0.3, -0.25) is 4.79 Å². The summed E-state index contributed by atoms with van der Waals surface area (Å²) in [6, 6.07) is 9.43. The van der Waals surface area contributed by atoms with Gasteiger partial charge >= 0.3 is 0 Å². The van der Waals surface area contributed by atoms with Crippen LogP contribution in [0.5, 0.6) is 0 Å². The molecule has 0 heterocycles. The minimum atomic E-state index is -1.29. The number of rotatable bonds is 5. The fourth-order valence-electron chi connectivity index (χ4n) is 2.71. The van der Waals surface area contributed by atoms with Gasteiger partial charge in [-0.25, -0.2) is 0 Å². The summed E-state index contributed by atoms with van der Waals surface area (Å²) >= 11 is 0. The average Bonchev–Trinajstić information content (AvgIpc) is 2.55. The molecule has 2 rings (SSSR count). The molecule has 1 N–H and O–H groups in total. The van der Waals surface area contributed by atoms with Gasteiger partial charge in [-0.05, 0) is 17.6 Å². The number of aldehydes is 1. The zero-order valence-electron chi connectivity index (χ0n) is 13.4. The largest absolute Gasteiger partial charge is 0.498 e. The maximum Gasteiger partial charge on any atom is 0.170 e. The van der Waals surface area contributed by atoms with Crippen LogP contribution in [0.2, 0.25) is 0 Å². The molecule has 118 valence electrons. The molecule has 4 heteroatoms. The van der Waals surface area contributed by atoms with Gasteiger partial charge in [0.05, 0.1) is 7.11 Å². The highest BCUT2D eigenvalue weighted by molar-refractivity contribution is 5.93. The topological polar surface area (TPSA) is 55.8 Å². The SMILES string of the molecule is COC1=CC(C=O)(OC)C(c2ccccc2)=CC1(O)C(C)C. The molecule has 1 aliphatic rings. The van der Waals surface area contributed by atoms with Crippen LogP contribution in [0.15, 0.2) is 48.2 Å². The molecule has 2 atom stereocenters. The highest BCUT2D eigenvalue weighted by atomic mass is 16.5. The van der Waals surface area contributed by atoms with Crippen molar-refractivity contribution in [3.8, 4) is 0 Å². The molecule has 2 unspecified atom stereocenters. The Balaban J connectivity index is 2.70. The first kappa shape index (κ1) is 16.5. The van der Waals surface area contributed by atoms with Crippen molar-refractivity contribution >= 4 is 11.9 Å². The second-order valence-corrected chi connectivity index (χ2v) is 5.73. The Kier molecular flexibility index (Phi) is 4.54. The predicted octanol–water partition coefficient (Wildman–Crippen LogP) is 2.59. The monoisotopic (exact) mass is 302 g/mol. The Morgan fingerprint density at radius 3 is 2.23 bits per heavy atom. The maximum absolute atomic E-state index is 11.8. The Morgan fingerprint density at radius 2 is 1.77 bits per heavy atom. The predicted molar refractivity (Wildman–Crippen MR) is 85.1 cm³/mol. The lowest BCUT2D eigenvalue weighted by Gasteiger charge is -2.40. The number of hydrogen-bond donors (Lipinski definition) is 1. The van der Waals surface area contributed by atoms with E-state index in [0.717, 1.165) is 11.8 Å². The summed E-state index contributed by atoms with van der Waals surface area (Å²) in [5.41, 5.74) is -1.12. The summed E-state index contributed by atoms with van der Waals surface area (Å²) in [5, 5.41) is 11.0. The highest BCUT2D eigenvalue weighted by Gasteiger charge is 2.46. The molecule has 4 nitrogen and oxygen atoms in total. The molecule has 0 amide bonds. The lowest BCUT2D eigenvalue weighted by molar-refractivity contribution is -0.118. The van der Waals surface area contributed by atoms with E-state index in [0.29, 0.717) is 11.3 Å². The smallest absolute Gasteiger partial charge is 0.170 e. The number of carbonyl (C=O) groups is 1. The van der Waals surface area contributed by atoms with E-state index in [4.69, 9.17) is 9.47 Å². The number of ether oxygens (including phenoxy) is 2. The number of aliphatic hydroxyl groups is 1. The van der Waals surface area contributed by atoms with Crippen LogP contribution in [0, 0.1) is 5.92 Å². The van der Waals surface area contributed by atoms with Gasteiger partial charge in [-0.1, -0.05) is 44.2 Å². The Labute approximate surface area is 131 Å². The first-order valence-electron chi connectivity index (χ1n) is 7.23. The Hall–Kier alpha value is -1.91. The second kappa shape index (κ2) is 6.07. The van der Waals surface area contributed by atoms with Crippen molar-refractivity contribution in [3.05, 3.63) is 53.8 Å². The van der Waals surface area contributed by atoms with Crippen molar-refractivity contribution in [2.75, 3.05) is 14.2 Å². The minimum Gasteiger partial charge on any atom is -0.498 e. The van der Waals surface area contributed by atoms with E-state index in [-0.39, 0.29) is 5.92 Å². The van der Waals surface area contributed by atoms with Gasteiger partial charge < -0.3 is 14.6 Å². The van der Waals surface area contributed by atoms with Crippen LogP contribution in [-0.2, 0) is 14.3 Å². The summed E-state index contributed by atoms with van der Waals surface area (Å²) < 4.78 is 10.8. The lowest BCUT2D eigenvalue weighted by Crippen LogP contribution is -2.45. The van der Waals surface area contributed by atoms with E-state index in [2.05, 4.69) is 0 Å². The fraction of sp³-hybridized carbons (Fsp3) is 0.389. The van der Waals surface area contributed by atoms with Crippen LogP contribution in [0.1, 0.15) is 19.4 Å². The molecule has 0 bridgehead atoms. The summed E-state index contributed by atoms with van der Waals surface area (Å²) in [6.07, 6.45) is 3.96. The van der Waals surface area contributed by atoms with E-state index >= 15 is 0 Å². The molecule has 0 fully saturated rings. The standard InChI is InChI=1S/C18H22O4/c1-13(2)18(20)10-15(14-8-6-5-7-9-14)17(12-19,22-4)11-16(18)21-3/h5-13,20H,1-4H3. The zero-order chi connectivity index (χ0) is 16.4. The average molecular weight is 302 g/mol. The summed E-state index contributed by atoms with van der Waals surface area (Å²) in [6.45, 7) is 3.79. The maximum atomic E-state index is 11.8. The van der Waals surface area contributed by atoms with Crippen molar-refractivity contribution in [1.29, 1.82) is 0 Å². The van der Waals surface area contributed by atoms with Crippen LogP contribution in [0.25, 0.3) is 5.57 Å². The quantitative estimate of drug-likeness (QED) is 0.849. The van der Waals surface area contributed by atoms with Crippen LogP contribution in [0.3, 0.4) is 0 Å². The van der Waals surface area contributed by atoms with Gasteiger partial charge in [0.2, 0.25) is 0 Å². The van der Waals surface area contributed by atoms with Gasteiger partial charge in [-0.2, -0.15) is 0 Å². The van der Waals surface area contributed by atoms with Crippen molar-refractivity contribution in [2.45, 2.75) is 25.0 Å². The molecule has 0 radical (unpaired) electrons. The summed E-state index contributed by atoms with van der Waals surface area (Å²) in [4.78, 5) is 11.8. The van der Waals surface area contributed by atoms with Crippen molar-refractivity contribution < 1.29 is 19.4 Å². The Bertz CT molecular complexity index is 603.